The quantitative estimate of drug-likeness (QED) is 0.174. The molecule has 0 amide bonds. The van der Waals surface area contributed by atoms with E-state index in [1.54, 1.807) is 0 Å². The van der Waals surface area contributed by atoms with Gasteiger partial charge >= 0.3 is 0 Å². The largest absolute Gasteiger partial charge is 0.291 e. The number of nitrogens with zero attached hydrogens (tertiary/aromatic N) is 4. The van der Waals surface area contributed by atoms with Gasteiger partial charge in [0.25, 0.3) is 0 Å². The predicted octanol–water partition coefficient (Wildman–Crippen LogP) is 19.3. The number of rotatable bonds is 4. The average molecular weight is 1010 g/mol. The standard InChI is InChI=1S/C74H60N4/c1-71(2)57-25-13-9-21-49(57)53-41-45(33-37-61(53)71)75-65-29-17-18-30-66(65)76(46-34-38-62-54(42-46)50-22-10-14-26-58(50)72(62,3)4)69(75)70-77(47-35-39-63-55(43-47)51-23-11-15-27-59(51)73(63,5)6)67-31-19-20-32-68(67)78(70)48-36-40-64-56(44-48)52-24-12-16-28-60(52)74(64,7)8/h9-44H,1-8H3. The monoisotopic (exact) mass is 1000 g/mol. The number of para-hydroxylation sites is 4. The van der Waals surface area contributed by atoms with Crippen LogP contribution in [0.4, 0.5) is 45.5 Å². The predicted molar refractivity (Wildman–Crippen MR) is 324 cm³/mol. The summed E-state index contributed by atoms with van der Waals surface area (Å²) in [7, 11) is 0. The summed E-state index contributed by atoms with van der Waals surface area (Å²) < 4.78 is 0. The maximum Gasteiger partial charge on any atom is 0.166 e. The van der Waals surface area contributed by atoms with Gasteiger partial charge in [-0.2, -0.15) is 0 Å². The van der Waals surface area contributed by atoms with Gasteiger partial charge in [-0.25, -0.2) is 0 Å². The van der Waals surface area contributed by atoms with E-state index in [4.69, 9.17) is 0 Å². The lowest BCUT2D eigenvalue weighted by atomic mass is 9.82. The van der Waals surface area contributed by atoms with Crippen molar-refractivity contribution in [1.29, 1.82) is 0 Å². The molecule has 2 aliphatic heterocycles. The third-order valence-corrected chi connectivity index (χ3v) is 19.1. The molecule has 4 heteroatoms. The van der Waals surface area contributed by atoms with E-state index in [9.17, 15) is 0 Å². The Hall–Kier alpha value is -8.86. The molecule has 0 aromatic heterocycles. The van der Waals surface area contributed by atoms with E-state index in [0.717, 1.165) is 57.1 Å². The second kappa shape index (κ2) is 15.4. The Morgan fingerprint density at radius 1 is 0.205 bits per heavy atom. The van der Waals surface area contributed by atoms with Crippen LogP contribution in [-0.4, -0.2) is 0 Å². The van der Waals surface area contributed by atoms with Crippen LogP contribution < -0.4 is 19.6 Å². The molecule has 0 N–H and O–H groups in total. The van der Waals surface area contributed by atoms with E-state index in [-0.39, 0.29) is 21.7 Å². The maximum atomic E-state index is 2.58. The van der Waals surface area contributed by atoms with Crippen LogP contribution in [0.1, 0.15) is 99.9 Å². The normalized spacial score (nSPS) is 17.2. The summed E-state index contributed by atoms with van der Waals surface area (Å²) in [5.74, 6) is 2.09. The molecule has 0 radical (unpaired) electrons. The minimum Gasteiger partial charge on any atom is -0.291 e. The zero-order valence-corrected chi connectivity index (χ0v) is 45.6. The van der Waals surface area contributed by atoms with Crippen molar-refractivity contribution >= 4 is 45.5 Å². The van der Waals surface area contributed by atoms with E-state index >= 15 is 0 Å². The van der Waals surface area contributed by atoms with Crippen molar-refractivity contribution in [2.75, 3.05) is 19.6 Å². The van der Waals surface area contributed by atoms with Crippen LogP contribution in [0.3, 0.4) is 0 Å². The molecule has 376 valence electrons. The Labute approximate surface area is 458 Å². The number of fused-ring (bicyclic) bond motifs is 14. The SMILES string of the molecule is CC1(C)c2ccccc2-c2cc(N3C(=C4N(c5ccc6c(c5)-c5ccccc5C6(C)C)c5ccccc5N4c4ccc5c(c4)-c4ccccc4C5(C)C)N(c4ccc5c(c4)-c4ccccc4C5(C)C)c4ccccc43)ccc21. The fourth-order valence-corrected chi connectivity index (χ4v) is 15.2. The zero-order valence-electron chi connectivity index (χ0n) is 45.6. The highest BCUT2D eigenvalue weighted by Gasteiger charge is 2.47. The van der Waals surface area contributed by atoms with Crippen molar-refractivity contribution in [3.8, 4) is 44.5 Å². The molecule has 4 nitrogen and oxygen atoms in total. The molecule has 0 atom stereocenters. The molecule has 0 fully saturated rings. The smallest absolute Gasteiger partial charge is 0.166 e. The molecule has 0 saturated carbocycles. The zero-order chi connectivity index (χ0) is 52.8. The minimum absolute atomic E-state index is 0.141. The van der Waals surface area contributed by atoms with E-state index < -0.39 is 0 Å². The minimum atomic E-state index is -0.141. The summed E-state index contributed by atoms with van der Waals surface area (Å²) in [5, 5.41) is 0. The van der Waals surface area contributed by atoms with Gasteiger partial charge in [0.15, 0.2) is 11.6 Å². The summed E-state index contributed by atoms with van der Waals surface area (Å²) in [5.41, 5.74) is 29.6. The molecule has 6 aliphatic rings. The molecule has 10 aromatic rings. The van der Waals surface area contributed by atoms with Crippen LogP contribution in [0.2, 0.25) is 0 Å². The van der Waals surface area contributed by atoms with Gasteiger partial charge in [0, 0.05) is 44.4 Å². The summed E-state index contributed by atoms with van der Waals surface area (Å²) in [4.78, 5) is 10.3. The van der Waals surface area contributed by atoms with Crippen molar-refractivity contribution in [3.63, 3.8) is 0 Å². The first-order chi connectivity index (χ1) is 37.7. The highest BCUT2D eigenvalue weighted by atomic mass is 15.5. The Balaban J connectivity index is 1.03. The molecule has 10 aromatic carbocycles. The van der Waals surface area contributed by atoms with Crippen molar-refractivity contribution < 1.29 is 0 Å². The third kappa shape index (κ3) is 5.79. The van der Waals surface area contributed by atoms with Crippen molar-refractivity contribution in [2.24, 2.45) is 0 Å². The van der Waals surface area contributed by atoms with Gasteiger partial charge in [0.2, 0.25) is 0 Å². The lowest BCUT2D eigenvalue weighted by molar-refractivity contribution is 0.660. The van der Waals surface area contributed by atoms with Crippen LogP contribution >= 0.6 is 0 Å². The van der Waals surface area contributed by atoms with Gasteiger partial charge in [-0.15, -0.1) is 0 Å². The van der Waals surface area contributed by atoms with Crippen molar-refractivity contribution in [3.05, 3.63) is 275 Å². The first-order valence-electron chi connectivity index (χ1n) is 27.8. The van der Waals surface area contributed by atoms with Crippen molar-refractivity contribution in [1.82, 2.24) is 0 Å². The molecule has 4 aliphatic carbocycles. The van der Waals surface area contributed by atoms with Gasteiger partial charge < -0.3 is 0 Å². The van der Waals surface area contributed by atoms with Crippen LogP contribution in [0.25, 0.3) is 44.5 Å². The van der Waals surface area contributed by atoms with Crippen molar-refractivity contribution in [2.45, 2.75) is 77.0 Å². The van der Waals surface area contributed by atoms with Crippen LogP contribution in [-0.2, 0) is 21.7 Å². The second-order valence-electron chi connectivity index (χ2n) is 24.6. The lowest BCUT2D eigenvalue weighted by Crippen LogP contribution is -2.33. The van der Waals surface area contributed by atoms with E-state index in [1.165, 1.54) is 89.0 Å². The highest BCUT2D eigenvalue weighted by Crippen LogP contribution is 2.61. The highest BCUT2D eigenvalue weighted by molar-refractivity contribution is 6.03. The molecular weight excluding hydrogens is 945 g/mol. The fraction of sp³-hybridized carbons (Fsp3) is 0.162. The van der Waals surface area contributed by atoms with Gasteiger partial charge in [-0.05, 0) is 162 Å². The number of benzene rings is 10. The van der Waals surface area contributed by atoms with Crippen LogP contribution in [0, 0.1) is 0 Å². The second-order valence-corrected chi connectivity index (χ2v) is 24.6. The Kier molecular flexibility index (Phi) is 8.96. The van der Waals surface area contributed by atoms with Crippen LogP contribution in [0.15, 0.2) is 230 Å². The third-order valence-electron chi connectivity index (χ3n) is 19.1. The summed E-state index contributed by atoms with van der Waals surface area (Å²) in [6.07, 6.45) is 0. The Bertz CT molecular complexity index is 3770. The molecule has 0 saturated heterocycles. The molecule has 78 heavy (non-hydrogen) atoms. The summed E-state index contributed by atoms with van der Waals surface area (Å²) >= 11 is 0. The van der Waals surface area contributed by atoms with Gasteiger partial charge in [0.05, 0.1) is 22.7 Å². The molecule has 0 unspecified atom stereocenters. The molecular formula is C74H60N4. The average Bonchev–Trinajstić information content (AvgIpc) is 3.91. The summed E-state index contributed by atoms with van der Waals surface area (Å²) in [6, 6.07) is 83.3. The summed E-state index contributed by atoms with van der Waals surface area (Å²) in [6.45, 7) is 19.0. The number of hydrogen-bond acceptors (Lipinski definition) is 4. The Morgan fingerprint density at radius 3 is 0.628 bits per heavy atom. The van der Waals surface area contributed by atoms with Gasteiger partial charge in [-0.3, -0.25) is 19.6 Å². The Morgan fingerprint density at radius 2 is 0.397 bits per heavy atom. The van der Waals surface area contributed by atoms with E-state index in [1.807, 2.05) is 0 Å². The first-order valence-corrected chi connectivity index (χ1v) is 27.8. The first kappa shape index (κ1) is 45.3. The fourth-order valence-electron chi connectivity index (χ4n) is 15.2. The van der Waals surface area contributed by atoms with E-state index in [2.05, 4.69) is 293 Å². The van der Waals surface area contributed by atoms with Gasteiger partial charge in [0.1, 0.15) is 0 Å². The molecule has 2 heterocycles. The van der Waals surface area contributed by atoms with Gasteiger partial charge in [-0.1, -0.05) is 201 Å². The number of anilines is 8. The maximum absolute atomic E-state index is 2.58. The number of hydrogen-bond donors (Lipinski definition) is 0. The lowest BCUT2D eigenvalue weighted by Gasteiger charge is -2.35. The van der Waals surface area contributed by atoms with E-state index in [0.29, 0.717) is 0 Å². The van der Waals surface area contributed by atoms with Crippen LogP contribution in [0.5, 0.6) is 0 Å². The molecule has 0 spiro atoms. The topological polar surface area (TPSA) is 13.0 Å². The molecule has 16 rings (SSSR count). The molecule has 0 bridgehead atoms.